The van der Waals surface area contributed by atoms with Crippen molar-refractivity contribution in [3.63, 3.8) is 0 Å². The van der Waals surface area contributed by atoms with Crippen LogP contribution in [0.4, 0.5) is 4.39 Å². The van der Waals surface area contributed by atoms with E-state index in [9.17, 15) is 12.8 Å². The fourth-order valence-electron chi connectivity index (χ4n) is 2.02. The molecule has 2 rings (SSSR count). The molecule has 0 aromatic heterocycles. The van der Waals surface area contributed by atoms with Crippen LogP contribution in [0.1, 0.15) is 5.56 Å². The fourth-order valence-corrected chi connectivity index (χ4v) is 3.71. The Kier molecular flexibility index (Phi) is 3.85. The lowest BCUT2D eigenvalue weighted by atomic mass is 10.2. The van der Waals surface area contributed by atoms with Gasteiger partial charge in [-0.25, -0.2) is 12.8 Å². The van der Waals surface area contributed by atoms with Gasteiger partial charge in [0.25, 0.3) is 0 Å². The summed E-state index contributed by atoms with van der Waals surface area (Å²) in [6.07, 6.45) is 0. The highest BCUT2D eigenvalue weighted by molar-refractivity contribution is 7.89. The Morgan fingerprint density at radius 2 is 2.26 bits per heavy atom. The molecule has 0 amide bonds. The molecule has 1 saturated heterocycles. The van der Waals surface area contributed by atoms with E-state index in [-0.39, 0.29) is 18.0 Å². The van der Waals surface area contributed by atoms with Gasteiger partial charge in [-0.3, -0.25) is 0 Å². The SMILES string of the molecule is Cc1ccc(F)c(S(=O)(=O)N2CCNCC2C#N)c1. The molecule has 1 aromatic carbocycles. The second kappa shape index (κ2) is 5.25. The van der Waals surface area contributed by atoms with E-state index in [1.165, 1.54) is 12.1 Å². The molecule has 1 heterocycles. The smallest absolute Gasteiger partial charge is 0.247 e. The number of nitriles is 1. The Morgan fingerprint density at radius 3 is 2.95 bits per heavy atom. The van der Waals surface area contributed by atoms with Gasteiger partial charge in [0.1, 0.15) is 16.8 Å². The quantitative estimate of drug-likeness (QED) is 0.863. The van der Waals surface area contributed by atoms with Gasteiger partial charge in [-0.05, 0) is 24.6 Å². The van der Waals surface area contributed by atoms with Crippen molar-refractivity contribution in [3.05, 3.63) is 29.6 Å². The van der Waals surface area contributed by atoms with E-state index in [1.54, 1.807) is 6.92 Å². The van der Waals surface area contributed by atoms with Crippen molar-refractivity contribution in [1.29, 1.82) is 5.26 Å². The van der Waals surface area contributed by atoms with Gasteiger partial charge in [-0.2, -0.15) is 9.57 Å². The fraction of sp³-hybridized carbons (Fsp3) is 0.417. The third-order valence-corrected chi connectivity index (χ3v) is 4.94. The van der Waals surface area contributed by atoms with E-state index in [0.717, 1.165) is 10.4 Å². The van der Waals surface area contributed by atoms with Gasteiger partial charge >= 0.3 is 0 Å². The van der Waals surface area contributed by atoms with E-state index in [4.69, 9.17) is 5.26 Å². The summed E-state index contributed by atoms with van der Waals surface area (Å²) in [6, 6.07) is 5.05. The van der Waals surface area contributed by atoms with Gasteiger partial charge in [0, 0.05) is 19.6 Å². The summed E-state index contributed by atoms with van der Waals surface area (Å²) in [7, 11) is -3.98. The molecule has 5 nitrogen and oxygen atoms in total. The van der Waals surface area contributed by atoms with Gasteiger partial charge in [0.2, 0.25) is 10.0 Å². The second-order valence-corrected chi connectivity index (χ2v) is 6.26. The third-order valence-electron chi connectivity index (χ3n) is 3.02. The first-order chi connectivity index (χ1) is 8.96. The van der Waals surface area contributed by atoms with Crippen LogP contribution in [0, 0.1) is 24.1 Å². The lowest BCUT2D eigenvalue weighted by Gasteiger charge is -2.31. The molecule has 1 N–H and O–H groups in total. The van der Waals surface area contributed by atoms with Crippen LogP contribution in [0.5, 0.6) is 0 Å². The maximum absolute atomic E-state index is 13.7. The van der Waals surface area contributed by atoms with Crippen molar-refractivity contribution in [2.24, 2.45) is 0 Å². The number of piperazine rings is 1. The maximum atomic E-state index is 13.7. The molecule has 0 radical (unpaired) electrons. The normalized spacial score (nSPS) is 21.0. The minimum absolute atomic E-state index is 0.161. The van der Waals surface area contributed by atoms with Crippen LogP contribution >= 0.6 is 0 Å². The molecule has 0 bridgehead atoms. The lowest BCUT2D eigenvalue weighted by molar-refractivity contribution is 0.310. The average molecular weight is 283 g/mol. The summed E-state index contributed by atoms with van der Waals surface area (Å²) in [6.45, 7) is 2.56. The Morgan fingerprint density at radius 1 is 1.53 bits per heavy atom. The summed E-state index contributed by atoms with van der Waals surface area (Å²) in [4.78, 5) is -0.366. The summed E-state index contributed by atoms with van der Waals surface area (Å²) < 4.78 is 39.7. The molecule has 1 aromatic rings. The largest absolute Gasteiger partial charge is 0.313 e. The van der Waals surface area contributed by atoms with Crippen LogP contribution in [0.25, 0.3) is 0 Å². The molecule has 102 valence electrons. The van der Waals surface area contributed by atoms with E-state index >= 15 is 0 Å². The van der Waals surface area contributed by atoms with Gasteiger partial charge in [-0.1, -0.05) is 6.07 Å². The molecule has 1 atom stereocenters. The number of nitrogens with one attached hydrogen (secondary N) is 1. The summed E-state index contributed by atoms with van der Waals surface area (Å²) in [5.41, 5.74) is 0.656. The number of nitrogens with zero attached hydrogens (tertiary/aromatic N) is 2. The Hall–Kier alpha value is -1.49. The Labute approximate surface area is 111 Å². The van der Waals surface area contributed by atoms with Gasteiger partial charge in [0.15, 0.2) is 0 Å². The average Bonchev–Trinajstić information content (AvgIpc) is 2.41. The molecule has 7 heteroatoms. The summed E-state index contributed by atoms with van der Waals surface area (Å²) >= 11 is 0. The second-order valence-electron chi connectivity index (χ2n) is 4.40. The number of hydrogen-bond acceptors (Lipinski definition) is 4. The third kappa shape index (κ3) is 2.61. The molecule has 19 heavy (non-hydrogen) atoms. The number of benzene rings is 1. The van der Waals surface area contributed by atoms with Crippen molar-refractivity contribution in [2.75, 3.05) is 19.6 Å². The van der Waals surface area contributed by atoms with E-state index in [0.29, 0.717) is 12.1 Å². The number of halogens is 1. The number of rotatable bonds is 2. The van der Waals surface area contributed by atoms with Gasteiger partial charge in [0.05, 0.1) is 6.07 Å². The van der Waals surface area contributed by atoms with Crippen LogP contribution in [-0.2, 0) is 10.0 Å². The van der Waals surface area contributed by atoms with Crippen molar-refractivity contribution in [1.82, 2.24) is 9.62 Å². The zero-order chi connectivity index (χ0) is 14.0. The number of hydrogen-bond donors (Lipinski definition) is 1. The first-order valence-electron chi connectivity index (χ1n) is 5.85. The molecule has 1 aliphatic rings. The topological polar surface area (TPSA) is 73.2 Å². The zero-order valence-electron chi connectivity index (χ0n) is 10.4. The van der Waals surface area contributed by atoms with Crippen molar-refractivity contribution in [3.8, 4) is 6.07 Å². The van der Waals surface area contributed by atoms with Crippen LogP contribution in [-0.4, -0.2) is 38.4 Å². The molecule has 1 aliphatic heterocycles. The first-order valence-corrected chi connectivity index (χ1v) is 7.29. The number of aryl methyl sites for hydroxylation is 1. The highest BCUT2D eigenvalue weighted by Crippen LogP contribution is 2.23. The molecule has 1 unspecified atom stereocenters. The van der Waals surface area contributed by atoms with Crippen LogP contribution < -0.4 is 5.32 Å². The molecular formula is C12H14FN3O2S. The number of sulfonamides is 1. The van der Waals surface area contributed by atoms with Gasteiger partial charge in [-0.15, -0.1) is 0 Å². The Bertz CT molecular complexity index is 624. The van der Waals surface area contributed by atoms with Crippen LogP contribution in [0.2, 0.25) is 0 Å². The van der Waals surface area contributed by atoms with Crippen LogP contribution in [0.3, 0.4) is 0 Å². The molecule has 0 aliphatic carbocycles. The monoisotopic (exact) mass is 283 g/mol. The van der Waals surface area contributed by atoms with Crippen LogP contribution in [0.15, 0.2) is 23.1 Å². The standard InChI is InChI=1S/C12H14FN3O2S/c1-9-2-3-11(13)12(6-9)19(17,18)16-5-4-15-8-10(16)7-14/h2-3,6,10,15H,4-5,8H2,1H3. The van der Waals surface area contributed by atoms with E-state index in [2.05, 4.69) is 5.32 Å². The van der Waals surface area contributed by atoms with Crippen molar-refractivity contribution in [2.45, 2.75) is 17.9 Å². The van der Waals surface area contributed by atoms with Gasteiger partial charge < -0.3 is 5.32 Å². The lowest BCUT2D eigenvalue weighted by Crippen LogP contribution is -2.52. The highest BCUT2D eigenvalue weighted by Gasteiger charge is 2.35. The minimum Gasteiger partial charge on any atom is -0.313 e. The Balaban J connectivity index is 2.47. The summed E-state index contributed by atoms with van der Waals surface area (Å²) in [5, 5.41) is 11.9. The predicted octanol–water partition coefficient (Wildman–Crippen LogP) is 0.620. The van der Waals surface area contributed by atoms with Crippen molar-refractivity contribution >= 4 is 10.0 Å². The molecular weight excluding hydrogens is 269 g/mol. The highest BCUT2D eigenvalue weighted by atomic mass is 32.2. The molecule has 1 fully saturated rings. The van der Waals surface area contributed by atoms with E-state index < -0.39 is 21.9 Å². The minimum atomic E-state index is -3.98. The molecule has 0 spiro atoms. The maximum Gasteiger partial charge on any atom is 0.247 e. The molecule has 0 saturated carbocycles. The van der Waals surface area contributed by atoms with Crippen molar-refractivity contribution < 1.29 is 12.8 Å². The predicted molar refractivity (Wildman–Crippen MR) is 67.3 cm³/mol. The summed E-state index contributed by atoms with van der Waals surface area (Å²) in [5.74, 6) is -0.791. The van der Waals surface area contributed by atoms with E-state index in [1.807, 2.05) is 6.07 Å². The first kappa shape index (κ1) is 13.9. The zero-order valence-corrected chi connectivity index (χ0v) is 11.2.